The van der Waals surface area contributed by atoms with E-state index in [0.29, 0.717) is 6.61 Å². The smallest absolute Gasteiger partial charge is 0.145 e. The van der Waals surface area contributed by atoms with E-state index in [1.54, 1.807) is 12.5 Å². The Morgan fingerprint density at radius 2 is 1.89 bits per heavy atom. The Bertz CT molecular complexity index is 622. The molecule has 0 bridgehead atoms. The van der Waals surface area contributed by atoms with Gasteiger partial charge in [-0.2, -0.15) is 0 Å². The highest BCUT2D eigenvalue weighted by molar-refractivity contribution is 5.85. The van der Waals surface area contributed by atoms with Crippen LogP contribution in [0.4, 0.5) is 0 Å². The second-order valence-corrected chi connectivity index (χ2v) is 3.83. The van der Waals surface area contributed by atoms with E-state index in [2.05, 4.69) is 17.1 Å². The summed E-state index contributed by atoms with van der Waals surface area (Å²) in [6.45, 7) is 0.575. The number of hydrogen-bond acceptors (Lipinski definition) is 2. The molecule has 92 valence electrons. The molecule has 3 aromatic rings. The van der Waals surface area contributed by atoms with E-state index in [4.69, 9.17) is 4.74 Å². The van der Waals surface area contributed by atoms with Crippen molar-refractivity contribution in [1.29, 1.82) is 0 Å². The van der Waals surface area contributed by atoms with Gasteiger partial charge in [-0.1, -0.05) is 30.3 Å². The van der Waals surface area contributed by atoms with Crippen molar-refractivity contribution < 1.29 is 4.74 Å². The molecule has 0 atom stereocenters. The summed E-state index contributed by atoms with van der Waals surface area (Å²) in [6.07, 6.45) is 5.53. The normalized spacial score (nSPS) is 10.0. The number of ether oxygens (including phenoxy) is 1. The fourth-order valence-corrected chi connectivity index (χ4v) is 1.78. The summed E-state index contributed by atoms with van der Waals surface area (Å²) in [5, 5.41) is 0. The second-order valence-electron chi connectivity index (χ2n) is 3.83. The van der Waals surface area contributed by atoms with Crippen molar-refractivity contribution in [2.24, 2.45) is 0 Å². The first-order valence-electron chi connectivity index (χ1n) is 5.51. The van der Waals surface area contributed by atoms with Gasteiger partial charge in [0.1, 0.15) is 17.9 Å². The number of benzene rings is 1. The van der Waals surface area contributed by atoms with E-state index in [1.807, 2.05) is 40.9 Å². The average molecular weight is 261 g/mol. The highest BCUT2D eigenvalue weighted by atomic mass is 35.5. The summed E-state index contributed by atoms with van der Waals surface area (Å²) in [6, 6.07) is 14.0. The highest BCUT2D eigenvalue weighted by Crippen LogP contribution is 2.19. The largest absolute Gasteiger partial charge is 0.487 e. The van der Waals surface area contributed by atoms with Gasteiger partial charge in [0.25, 0.3) is 0 Å². The minimum atomic E-state index is 0. The number of nitrogens with zero attached hydrogens (tertiary/aromatic N) is 2. The zero-order valence-electron chi connectivity index (χ0n) is 9.69. The first-order valence-corrected chi connectivity index (χ1v) is 5.51. The maximum absolute atomic E-state index is 5.80. The predicted octanol–water partition coefficient (Wildman–Crippen LogP) is 3.34. The molecular weight excluding hydrogens is 248 g/mol. The third kappa shape index (κ3) is 2.46. The van der Waals surface area contributed by atoms with E-state index in [-0.39, 0.29) is 12.4 Å². The zero-order valence-corrected chi connectivity index (χ0v) is 10.5. The Morgan fingerprint density at radius 3 is 2.72 bits per heavy atom. The molecule has 0 fully saturated rings. The summed E-state index contributed by atoms with van der Waals surface area (Å²) in [7, 11) is 0. The Hall–Kier alpha value is -2.00. The van der Waals surface area contributed by atoms with Gasteiger partial charge in [-0.05, 0) is 17.7 Å². The molecule has 0 aliphatic carbocycles. The summed E-state index contributed by atoms with van der Waals surface area (Å²) >= 11 is 0. The van der Waals surface area contributed by atoms with Gasteiger partial charge in [-0.15, -0.1) is 12.4 Å². The van der Waals surface area contributed by atoms with Crippen LogP contribution in [0.15, 0.2) is 61.2 Å². The van der Waals surface area contributed by atoms with E-state index in [1.165, 1.54) is 0 Å². The topological polar surface area (TPSA) is 26.5 Å². The minimum absolute atomic E-state index is 0. The van der Waals surface area contributed by atoms with Gasteiger partial charge < -0.3 is 9.14 Å². The van der Waals surface area contributed by atoms with E-state index in [9.17, 15) is 0 Å². The Labute approximate surface area is 111 Å². The van der Waals surface area contributed by atoms with E-state index < -0.39 is 0 Å². The number of pyridine rings is 1. The quantitative estimate of drug-likeness (QED) is 0.722. The molecule has 0 saturated heterocycles. The van der Waals surface area contributed by atoms with Crippen LogP contribution in [0.1, 0.15) is 5.56 Å². The molecule has 0 amide bonds. The van der Waals surface area contributed by atoms with Gasteiger partial charge in [0.15, 0.2) is 0 Å². The highest BCUT2D eigenvalue weighted by Gasteiger charge is 2.02. The lowest BCUT2D eigenvalue weighted by Crippen LogP contribution is -1.96. The number of halogens is 1. The number of fused-ring (bicyclic) bond motifs is 1. The van der Waals surface area contributed by atoms with Crippen LogP contribution in [0.3, 0.4) is 0 Å². The van der Waals surface area contributed by atoms with E-state index in [0.717, 1.165) is 16.8 Å². The summed E-state index contributed by atoms with van der Waals surface area (Å²) in [4.78, 5) is 4.10. The van der Waals surface area contributed by atoms with Crippen LogP contribution < -0.4 is 4.74 Å². The molecule has 4 heteroatoms. The van der Waals surface area contributed by atoms with Crippen LogP contribution in [0.25, 0.3) is 5.52 Å². The SMILES string of the molecule is Cl.c1ccc(COc2cccn3cncc23)cc1. The molecular formula is C14H13ClN2O. The molecule has 0 aliphatic heterocycles. The van der Waals surface area contributed by atoms with Crippen LogP contribution in [0, 0.1) is 0 Å². The summed E-state index contributed by atoms with van der Waals surface area (Å²) in [5.74, 6) is 0.855. The van der Waals surface area contributed by atoms with Gasteiger partial charge in [0.05, 0.1) is 12.5 Å². The van der Waals surface area contributed by atoms with Crippen LogP contribution in [-0.2, 0) is 6.61 Å². The van der Waals surface area contributed by atoms with Crippen molar-refractivity contribution in [3.05, 3.63) is 66.7 Å². The van der Waals surface area contributed by atoms with Gasteiger partial charge in [0, 0.05) is 6.20 Å². The summed E-state index contributed by atoms with van der Waals surface area (Å²) in [5.41, 5.74) is 2.15. The molecule has 0 N–H and O–H groups in total. The van der Waals surface area contributed by atoms with Crippen LogP contribution >= 0.6 is 12.4 Å². The molecule has 1 aromatic carbocycles. The third-order valence-electron chi connectivity index (χ3n) is 2.65. The second kappa shape index (κ2) is 5.56. The maximum Gasteiger partial charge on any atom is 0.145 e. The van der Waals surface area contributed by atoms with Crippen molar-refractivity contribution in [1.82, 2.24) is 9.38 Å². The molecule has 18 heavy (non-hydrogen) atoms. The first kappa shape index (κ1) is 12.5. The lowest BCUT2D eigenvalue weighted by molar-refractivity contribution is 0.309. The lowest BCUT2D eigenvalue weighted by Gasteiger charge is -2.07. The molecule has 3 rings (SSSR count). The van der Waals surface area contributed by atoms with Crippen LogP contribution in [0.5, 0.6) is 5.75 Å². The van der Waals surface area contributed by atoms with Crippen molar-refractivity contribution in [3.8, 4) is 5.75 Å². The zero-order chi connectivity index (χ0) is 11.5. The fourth-order valence-electron chi connectivity index (χ4n) is 1.78. The molecule has 0 radical (unpaired) electrons. The fraction of sp³-hybridized carbons (Fsp3) is 0.0714. The van der Waals surface area contributed by atoms with Crippen LogP contribution in [0.2, 0.25) is 0 Å². The van der Waals surface area contributed by atoms with Gasteiger partial charge in [-0.3, -0.25) is 0 Å². The van der Waals surface area contributed by atoms with E-state index >= 15 is 0 Å². The molecule has 0 saturated carbocycles. The third-order valence-corrected chi connectivity index (χ3v) is 2.65. The predicted molar refractivity (Wildman–Crippen MR) is 73.2 cm³/mol. The number of imidazole rings is 1. The molecule has 0 unspecified atom stereocenters. The van der Waals surface area contributed by atoms with Gasteiger partial charge in [0.2, 0.25) is 0 Å². The van der Waals surface area contributed by atoms with Crippen molar-refractivity contribution in [3.63, 3.8) is 0 Å². The molecule has 0 spiro atoms. The van der Waals surface area contributed by atoms with Crippen LogP contribution in [-0.4, -0.2) is 9.38 Å². The van der Waals surface area contributed by atoms with Crippen molar-refractivity contribution in [2.45, 2.75) is 6.61 Å². The monoisotopic (exact) mass is 260 g/mol. The number of rotatable bonds is 3. The first-order chi connectivity index (χ1) is 8.43. The Balaban J connectivity index is 0.00000120. The number of aromatic nitrogens is 2. The van der Waals surface area contributed by atoms with Crippen molar-refractivity contribution >= 4 is 17.9 Å². The minimum Gasteiger partial charge on any atom is -0.487 e. The Morgan fingerprint density at radius 1 is 1.06 bits per heavy atom. The van der Waals surface area contributed by atoms with Gasteiger partial charge >= 0.3 is 0 Å². The Kier molecular flexibility index (Phi) is 3.85. The molecule has 3 nitrogen and oxygen atoms in total. The molecule has 2 aromatic heterocycles. The molecule has 0 aliphatic rings. The summed E-state index contributed by atoms with van der Waals surface area (Å²) < 4.78 is 7.75. The van der Waals surface area contributed by atoms with Crippen molar-refractivity contribution in [2.75, 3.05) is 0 Å². The van der Waals surface area contributed by atoms with Gasteiger partial charge in [-0.25, -0.2) is 4.98 Å². The number of hydrogen-bond donors (Lipinski definition) is 0. The average Bonchev–Trinajstić information content (AvgIpc) is 2.86. The molecule has 2 heterocycles. The lowest BCUT2D eigenvalue weighted by atomic mass is 10.2. The maximum atomic E-state index is 5.80. The standard InChI is InChI=1S/C14H12N2O.ClH/c1-2-5-12(6-3-1)10-17-14-7-4-8-16-11-15-9-13(14)16;/h1-9,11H,10H2;1H.